The number of hydrogen-bond acceptors (Lipinski definition) is 5. The van der Waals surface area contributed by atoms with Gasteiger partial charge in [0.15, 0.2) is 0 Å². The number of anilines is 3. The van der Waals surface area contributed by atoms with E-state index in [9.17, 15) is 22.8 Å². The van der Waals surface area contributed by atoms with Crippen molar-refractivity contribution in [1.29, 1.82) is 0 Å². The van der Waals surface area contributed by atoms with E-state index in [4.69, 9.17) is 0 Å². The lowest BCUT2D eigenvalue weighted by Crippen LogP contribution is -2.29. The molecule has 10 heteroatoms. The Balaban J connectivity index is 1.33. The number of carbonyl (C=O) groups excluding carboxylic acids is 3. The molecule has 1 aliphatic rings. The quantitative estimate of drug-likeness (QED) is 0.303. The molecule has 0 aliphatic carbocycles. The Morgan fingerprint density at radius 3 is 2.03 bits per heavy atom. The molecule has 184 valence electrons. The van der Waals surface area contributed by atoms with Crippen molar-refractivity contribution in [3.63, 3.8) is 0 Å². The predicted molar refractivity (Wildman–Crippen MR) is 143 cm³/mol. The summed E-state index contributed by atoms with van der Waals surface area (Å²) in [4.78, 5) is 39.8. The highest BCUT2D eigenvalue weighted by atomic mass is 79.9. The minimum absolute atomic E-state index is 0.113. The van der Waals surface area contributed by atoms with Crippen LogP contribution in [0.5, 0.6) is 0 Å². The highest BCUT2D eigenvalue weighted by Crippen LogP contribution is 2.31. The number of carbonyl (C=O) groups is 3. The minimum Gasteiger partial charge on any atom is -0.322 e. The van der Waals surface area contributed by atoms with Crippen LogP contribution in [-0.2, 0) is 10.0 Å². The van der Waals surface area contributed by atoms with Gasteiger partial charge in [0.25, 0.3) is 27.7 Å². The molecule has 0 unspecified atom stereocenters. The highest BCUT2D eigenvalue weighted by molar-refractivity contribution is 9.10. The van der Waals surface area contributed by atoms with E-state index in [0.29, 0.717) is 11.3 Å². The third-order valence-electron chi connectivity index (χ3n) is 5.68. The molecule has 3 amide bonds. The number of benzene rings is 4. The SMILES string of the molecule is O=C(Nc1ccc2c(c1)C(=O)N(c1ccc(NS(=O)(=O)c3ccccc3)cc1)C2=O)c1ccc(Br)cc1. The van der Waals surface area contributed by atoms with Crippen LogP contribution in [0.4, 0.5) is 17.1 Å². The van der Waals surface area contributed by atoms with Gasteiger partial charge < -0.3 is 5.32 Å². The number of sulfonamides is 1. The summed E-state index contributed by atoms with van der Waals surface area (Å²) in [5, 5.41) is 2.74. The van der Waals surface area contributed by atoms with Crippen molar-refractivity contribution in [2.24, 2.45) is 0 Å². The van der Waals surface area contributed by atoms with Crippen LogP contribution in [0.3, 0.4) is 0 Å². The van der Waals surface area contributed by atoms with Gasteiger partial charge in [0.1, 0.15) is 0 Å². The largest absolute Gasteiger partial charge is 0.322 e. The highest BCUT2D eigenvalue weighted by Gasteiger charge is 2.37. The van der Waals surface area contributed by atoms with E-state index in [2.05, 4.69) is 26.0 Å². The number of nitrogens with zero attached hydrogens (tertiary/aromatic N) is 1. The van der Waals surface area contributed by atoms with Crippen LogP contribution in [0.15, 0.2) is 106 Å². The lowest BCUT2D eigenvalue weighted by molar-refractivity contribution is 0.0924. The number of rotatable bonds is 6. The maximum atomic E-state index is 13.1. The van der Waals surface area contributed by atoms with Crippen LogP contribution >= 0.6 is 15.9 Å². The summed E-state index contributed by atoms with van der Waals surface area (Å²) in [6, 6.07) is 25.2. The summed E-state index contributed by atoms with van der Waals surface area (Å²) >= 11 is 3.32. The van der Waals surface area contributed by atoms with Gasteiger partial charge in [-0.2, -0.15) is 0 Å². The molecule has 0 aromatic heterocycles. The van der Waals surface area contributed by atoms with E-state index in [1.807, 2.05) is 0 Å². The Bertz CT molecular complexity index is 1640. The Morgan fingerprint density at radius 1 is 0.730 bits per heavy atom. The van der Waals surface area contributed by atoms with Crippen molar-refractivity contribution < 1.29 is 22.8 Å². The van der Waals surface area contributed by atoms with Crippen molar-refractivity contribution >= 4 is 60.7 Å². The summed E-state index contributed by atoms with van der Waals surface area (Å²) < 4.78 is 28.4. The average molecular weight is 576 g/mol. The zero-order valence-corrected chi connectivity index (χ0v) is 21.4. The standard InChI is InChI=1S/C27H18BrN3O5S/c28-18-8-6-17(7-9-18)25(32)29-20-12-15-23-24(16-20)27(34)31(26(23)33)21-13-10-19(11-14-21)30-37(35,36)22-4-2-1-3-5-22/h1-16,30H,(H,29,32). The molecule has 37 heavy (non-hydrogen) atoms. The Labute approximate surface area is 221 Å². The summed E-state index contributed by atoms with van der Waals surface area (Å²) in [6.07, 6.45) is 0. The second kappa shape index (κ2) is 9.64. The molecule has 0 radical (unpaired) electrons. The van der Waals surface area contributed by atoms with Crippen molar-refractivity contribution in [2.45, 2.75) is 4.90 Å². The number of halogens is 1. The molecule has 8 nitrogen and oxygen atoms in total. The van der Waals surface area contributed by atoms with Crippen LogP contribution < -0.4 is 14.9 Å². The fraction of sp³-hybridized carbons (Fsp3) is 0. The molecule has 0 fully saturated rings. The molecule has 1 aliphatic heterocycles. The fourth-order valence-electron chi connectivity index (χ4n) is 3.85. The molecule has 4 aromatic rings. The van der Waals surface area contributed by atoms with Gasteiger partial charge in [0, 0.05) is 21.4 Å². The van der Waals surface area contributed by atoms with Crippen molar-refractivity contribution in [2.75, 3.05) is 14.9 Å². The van der Waals surface area contributed by atoms with Gasteiger partial charge >= 0.3 is 0 Å². The normalized spacial score (nSPS) is 12.8. The first-order chi connectivity index (χ1) is 17.7. The maximum Gasteiger partial charge on any atom is 0.266 e. The van der Waals surface area contributed by atoms with E-state index >= 15 is 0 Å². The van der Waals surface area contributed by atoms with Gasteiger partial charge in [-0.05, 0) is 78.9 Å². The first-order valence-electron chi connectivity index (χ1n) is 11.0. The molecule has 0 saturated carbocycles. The van der Waals surface area contributed by atoms with E-state index in [1.54, 1.807) is 48.5 Å². The minimum atomic E-state index is -3.78. The summed E-state index contributed by atoms with van der Waals surface area (Å²) in [5.41, 5.74) is 1.75. The van der Waals surface area contributed by atoms with Gasteiger partial charge in [0.05, 0.1) is 21.7 Å². The van der Waals surface area contributed by atoms with Crippen LogP contribution in [0.25, 0.3) is 0 Å². The van der Waals surface area contributed by atoms with Gasteiger partial charge in [0.2, 0.25) is 0 Å². The summed E-state index contributed by atoms with van der Waals surface area (Å²) in [6.45, 7) is 0. The van der Waals surface area contributed by atoms with Crippen LogP contribution in [0, 0.1) is 0 Å². The lowest BCUT2D eigenvalue weighted by Gasteiger charge is -2.15. The van der Waals surface area contributed by atoms with E-state index in [0.717, 1.165) is 9.37 Å². The molecule has 0 spiro atoms. The first kappa shape index (κ1) is 24.4. The molecular formula is C27H18BrN3O5S. The first-order valence-corrected chi connectivity index (χ1v) is 13.3. The smallest absolute Gasteiger partial charge is 0.266 e. The van der Waals surface area contributed by atoms with Crippen molar-refractivity contribution in [1.82, 2.24) is 0 Å². The van der Waals surface area contributed by atoms with E-state index < -0.39 is 21.8 Å². The van der Waals surface area contributed by atoms with Crippen LogP contribution in [-0.4, -0.2) is 26.1 Å². The van der Waals surface area contributed by atoms with Gasteiger partial charge in [-0.1, -0.05) is 34.1 Å². The fourth-order valence-corrected chi connectivity index (χ4v) is 5.19. The number of nitrogens with one attached hydrogen (secondary N) is 2. The van der Waals surface area contributed by atoms with Crippen molar-refractivity contribution in [3.05, 3.63) is 118 Å². The Kier molecular flexibility index (Phi) is 6.36. The van der Waals surface area contributed by atoms with Crippen LogP contribution in [0.2, 0.25) is 0 Å². The molecular weight excluding hydrogens is 558 g/mol. The molecule has 0 atom stereocenters. The third-order valence-corrected chi connectivity index (χ3v) is 7.61. The van der Waals surface area contributed by atoms with Gasteiger partial charge in [-0.15, -0.1) is 0 Å². The third kappa shape index (κ3) is 4.89. The van der Waals surface area contributed by atoms with E-state index in [1.165, 1.54) is 48.5 Å². The lowest BCUT2D eigenvalue weighted by atomic mass is 10.1. The number of imide groups is 1. The summed E-state index contributed by atoms with van der Waals surface area (Å²) in [5.74, 6) is -1.41. The molecule has 5 rings (SSSR count). The molecule has 2 N–H and O–H groups in total. The average Bonchev–Trinajstić information content (AvgIpc) is 3.14. The number of fused-ring (bicyclic) bond motifs is 1. The Hall–Kier alpha value is -4.28. The predicted octanol–water partition coefficient (Wildman–Crippen LogP) is 5.30. The second-order valence-electron chi connectivity index (χ2n) is 8.13. The van der Waals surface area contributed by atoms with E-state index in [-0.39, 0.29) is 33.3 Å². The van der Waals surface area contributed by atoms with Crippen LogP contribution in [0.1, 0.15) is 31.1 Å². The molecule has 0 bridgehead atoms. The molecule has 1 heterocycles. The van der Waals surface area contributed by atoms with Crippen molar-refractivity contribution in [3.8, 4) is 0 Å². The zero-order chi connectivity index (χ0) is 26.2. The molecule has 4 aromatic carbocycles. The van der Waals surface area contributed by atoms with Gasteiger partial charge in [-0.25, -0.2) is 13.3 Å². The summed E-state index contributed by atoms with van der Waals surface area (Å²) in [7, 11) is -3.78. The zero-order valence-electron chi connectivity index (χ0n) is 19.0. The topological polar surface area (TPSA) is 113 Å². The number of amides is 3. The Morgan fingerprint density at radius 2 is 1.35 bits per heavy atom. The maximum absolute atomic E-state index is 13.1. The van der Waals surface area contributed by atoms with Gasteiger partial charge in [-0.3, -0.25) is 19.1 Å². The number of hydrogen-bond donors (Lipinski definition) is 2. The second-order valence-corrected chi connectivity index (χ2v) is 10.7. The monoisotopic (exact) mass is 575 g/mol. The molecule has 0 saturated heterocycles.